The molecule has 3 heteroatoms. The monoisotopic (exact) mass is 245 g/mol. The lowest BCUT2D eigenvalue weighted by atomic mass is 10.1. The predicted molar refractivity (Wildman–Crippen MR) is 70.3 cm³/mol. The third-order valence-corrected chi connectivity index (χ3v) is 2.78. The third-order valence-electron chi connectivity index (χ3n) is 2.78. The highest BCUT2D eigenvalue weighted by Gasteiger charge is 2.14. The fourth-order valence-corrected chi connectivity index (χ4v) is 1.84. The first kappa shape index (κ1) is 12.6. The van der Waals surface area contributed by atoms with Crippen LogP contribution >= 0.6 is 0 Å². The fraction of sp³-hybridized carbons (Fsp3) is 0.200. The number of hydrogen-bond donors (Lipinski definition) is 1. The van der Waals surface area contributed by atoms with Crippen molar-refractivity contribution in [2.75, 3.05) is 0 Å². The standard InChI is InChI=1S/C15H16FNO/c1-10-6-3-4-8-13(10)18-14-9-5-7-12(16)15(14)11(2)17/h3-9,11H,17H2,1-2H3. The first-order valence-corrected chi connectivity index (χ1v) is 5.87. The molecule has 0 heterocycles. The molecule has 94 valence electrons. The maximum atomic E-state index is 13.7. The van der Waals surface area contributed by atoms with Crippen LogP contribution in [0.1, 0.15) is 24.1 Å². The highest BCUT2D eigenvalue weighted by atomic mass is 19.1. The minimum absolute atomic E-state index is 0.337. The van der Waals surface area contributed by atoms with Gasteiger partial charge in [0.15, 0.2) is 0 Å². The molecule has 0 radical (unpaired) electrons. The second kappa shape index (κ2) is 5.19. The average Bonchev–Trinajstić information content (AvgIpc) is 2.31. The van der Waals surface area contributed by atoms with E-state index < -0.39 is 6.04 Å². The van der Waals surface area contributed by atoms with E-state index in [0.29, 0.717) is 17.1 Å². The topological polar surface area (TPSA) is 35.2 Å². The molecule has 1 atom stereocenters. The molecule has 2 N–H and O–H groups in total. The molecule has 0 amide bonds. The first-order valence-electron chi connectivity index (χ1n) is 5.87. The van der Waals surface area contributed by atoms with E-state index in [1.807, 2.05) is 31.2 Å². The molecule has 2 rings (SSSR count). The van der Waals surface area contributed by atoms with Crippen molar-refractivity contribution in [1.82, 2.24) is 0 Å². The van der Waals surface area contributed by atoms with Gasteiger partial charge in [0.25, 0.3) is 0 Å². The van der Waals surface area contributed by atoms with Gasteiger partial charge >= 0.3 is 0 Å². The summed E-state index contributed by atoms with van der Waals surface area (Å²) in [6.45, 7) is 3.68. The van der Waals surface area contributed by atoms with Crippen molar-refractivity contribution >= 4 is 0 Å². The summed E-state index contributed by atoms with van der Waals surface area (Å²) in [5.74, 6) is 0.848. The van der Waals surface area contributed by atoms with Gasteiger partial charge in [-0.3, -0.25) is 0 Å². The molecule has 2 aromatic carbocycles. The molecule has 2 aromatic rings. The summed E-state index contributed by atoms with van der Waals surface area (Å²) >= 11 is 0. The molecule has 0 saturated heterocycles. The number of nitrogens with two attached hydrogens (primary N) is 1. The van der Waals surface area contributed by atoms with Crippen LogP contribution in [0.5, 0.6) is 11.5 Å². The molecule has 0 aliphatic carbocycles. The maximum absolute atomic E-state index is 13.7. The van der Waals surface area contributed by atoms with Crippen molar-refractivity contribution in [3.8, 4) is 11.5 Å². The van der Waals surface area contributed by atoms with Gasteiger partial charge in [0.2, 0.25) is 0 Å². The van der Waals surface area contributed by atoms with Crippen LogP contribution in [0.4, 0.5) is 4.39 Å². The Labute approximate surface area is 106 Å². The van der Waals surface area contributed by atoms with Crippen molar-refractivity contribution in [3.63, 3.8) is 0 Å². The van der Waals surface area contributed by atoms with Gasteiger partial charge in [0.1, 0.15) is 17.3 Å². The van der Waals surface area contributed by atoms with E-state index in [2.05, 4.69) is 0 Å². The van der Waals surface area contributed by atoms with Crippen LogP contribution in [0.2, 0.25) is 0 Å². The summed E-state index contributed by atoms with van der Waals surface area (Å²) in [7, 11) is 0. The van der Waals surface area contributed by atoms with Crippen LogP contribution in [0.25, 0.3) is 0 Å². The predicted octanol–water partition coefficient (Wildman–Crippen LogP) is 3.95. The number of ether oxygens (including phenoxy) is 1. The van der Waals surface area contributed by atoms with E-state index in [4.69, 9.17) is 10.5 Å². The van der Waals surface area contributed by atoms with Crippen LogP contribution < -0.4 is 10.5 Å². The molecular formula is C15H16FNO. The Bertz CT molecular complexity index is 552. The molecule has 18 heavy (non-hydrogen) atoms. The smallest absolute Gasteiger partial charge is 0.135 e. The Kier molecular flexibility index (Phi) is 3.63. The Morgan fingerprint density at radius 3 is 2.39 bits per heavy atom. The van der Waals surface area contributed by atoms with Gasteiger partial charge in [-0.2, -0.15) is 0 Å². The molecule has 0 fully saturated rings. The van der Waals surface area contributed by atoms with E-state index in [9.17, 15) is 4.39 Å². The lowest BCUT2D eigenvalue weighted by Gasteiger charge is -2.15. The van der Waals surface area contributed by atoms with Crippen LogP contribution in [0.3, 0.4) is 0 Å². The highest BCUT2D eigenvalue weighted by Crippen LogP contribution is 2.31. The molecule has 0 aliphatic heterocycles. The number of benzene rings is 2. The zero-order chi connectivity index (χ0) is 13.1. The molecule has 0 bridgehead atoms. The average molecular weight is 245 g/mol. The van der Waals surface area contributed by atoms with E-state index >= 15 is 0 Å². The third kappa shape index (κ3) is 2.51. The van der Waals surface area contributed by atoms with Gasteiger partial charge in [-0.05, 0) is 37.6 Å². The summed E-state index contributed by atoms with van der Waals surface area (Å²) < 4.78 is 19.5. The molecular weight excluding hydrogens is 229 g/mol. The summed E-state index contributed by atoms with van der Waals surface area (Å²) in [4.78, 5) is 0. The zero-order valence-electron chi connectivity index (χ0n) is 10.5. The van der Waals surface area contributed by atoms with Crippen LogP contribution in [-0.2, 0) is 0 Å². The SMILES string of the molecule is Cc1ccccc1Oc1cccc(F)c1C(C)N. The number of aryl methyl sites for hydroxylation is 1. The summed E-state index contributed by atoms with van der Waals surface area (Å²) in [5, 5.41) is 0. The minimum atomic E-state index is -0.412. The summed E-state index contributed by atoms with van der Waals surface area (Å²) in [6, 6.07) is 11.9. The van der Waals surface area contributed by atoms with Crippen LogP contribution in [0, 0.1) is 12.7 Å². The number of halogens is 1. The maximum Gasteiger partial charge on any atom is 0.135 e. The Balaban J connectivity index is 2.41. The fourth-order valence-electron chi connectivity index (χ4n) is 1.84. The Morgan fingerprint density at radius 1 is 1.06 bits per heavy atom. The van der Waals surface area contributed by atoms with Crippen molar-refractivity contribution in [3.05, 3.63) is 59.4 Å². The Hall–Kier alpha value is -1.87. The normalized spacial score (nSPS) is 12.2. The van der Waals surface area contributed by atoms with E-state index in [-0.39, 0.29) is 5.82 Å². The van der Waals surface area contributed by atoms with Crippen molar-refractivity contribution < 1.29 is 9.13 Å². The van der Waals surface area contributed by atoms with Gasteiger partial charge < -0.3 is 10.5 Å². The van der Waals surface area contributed by atoms with Gasteiger partial charge in [0.05, 0.1) is 0 Å². The van der Waals surface area contributed by atoms with E-state index in [0.717, 1.165) is 5.56 Å². The molecule has 1 unspecified atom stereocenters. The lowest BCUT2D eigenvalue weighted by molar-refractivity contribution is 0.458. The van der Waals surface area contributed by atoms with Gasteiger partial charge in [0, 0.05) is 11.6 Å². The van der Waals surface area contributed by atoms with Crippen LogP contribution in [-0.4, -0.2) is 0 Å². The van der Waals surface area contributed by atoms with E-state index in [1.54, 1.807) is 19.1 Å². The lowest BCUT2D eigenvalue weighted by Crippen LogP contribution is -2.09. The van der Waals surface area contributed by atoms with Gasteiger partial charge in [-0.25, -0.2) is 4.39 Å². The molecule has 0 spiro atoms. The second-order valence-corrected chi connectivity index (χ2v) is 4.31. The van der Waals surface area contributed by atoms with Gasteiger partial charge in [-0.15, -0.1) is 0 Å². The summed E-state index contributed by atoms with van der Waals surface area (Å²) in [6.07, 6.45) is 0. The van der Waals surface area contributed by atoms with Crippen molar-refractivity contribution in [2.24, 2.45) is 5.73 Å². The second-order valence-electron chi connectivity index (χ2n) is 4.31. The van der Waals surface area contributed by atoms with E-state index in [1.165, 1.54) is 6.07 Å². The molecule has 0 aliphatic rings. The number of rotatable bonds is 3. The van der Waals surface area contributed by atoms with Crippen molar-refractivity contribution in [1.29, 1.82) is 0 Å². The molecule has 2 nitrogen and oxygen atoms in total. The zero-order valence-corrected chi connectivity index (χ0v) is 10.5. The van der Waals surface area contributed by atoms with Gasteiger partial charge in [-0.1, -0.05) is 24.3 Å². The molecule has 0 saturated carbocycles. The minimum Gasteiger partial charge on any atom is -0.457 e. The Morgan fingerprint density at radius 2 is 1.72 bits per heavy atom. The largest absolute Gasteiger partial charge is 0.457 e. The quantitative estimate of drug-likeness (QED) is 0.888. The highest BCUT2D eigenvalue weighted by molar-refractivity contribution is 5.42. The number of para-hydroxylation sites is 1. The molecule has 0 aromatic heterocycles. The van der Waals surface area contributed by atoms with Crippen molar-refractivity contribution in [2.45, 2.75) is 19.9 Å². The summed E-state index contributed by atoms with van der Waals surface area (Å²) in [5.41, 5.74) is 7.19. The number of hydrogen-bond acceptors (Lipinski definition) is 2. The first-order chi connectivity index (χ1) is 8.59. The van der Waals surface area contributed by atoms with Crippen LogP contribution in [0.15, 0.2) is 42.5 Å².